The minimum atomic E-state index is -0.589. The average Bonchev–Trinajstić information content (AvgIpc) is 2.67. The minimum absolute atomic E-state index is 0.144. The number of benzene rings is 2. The molecule has 0 bridgehead atoms. The Morgan fingerprint density at radius 2 is 1.81 bits per heavy atom. The number of rotatable bonds is 4. The second kappa shape index (κ2) is 8.23. The Hall–Kier alpha value is -2.18. The Balaban J connectivity index is 1.68. The second-order valence-electron chi connectivity index (χ2n) is 6.51. The van der Waals surface area contributed by atoms with Gasteiger partial charge in [-0.1, -0.05) is 17.7 Å². The molecule has 1 aliphatic heterocycles. The molecule has 1 atom stereocenters. The van der Waals surface area contributed by atoms with Crippen LogP contribution >= 0.6 is 11.6 Å². The summed E-state index contributed by atoms with van der Waals surface area (Å²) in [5, 5.41) is 0.471. The van der Waals surface area contributed by atoms with Gasteiger partial charge in [-0.15, -0.1) is 0 Å². The van der Waals surface area contributed by atoms with E-state index in [4.69, 9.17) is 16.3 Å². The maximum absolute atomic E-state index is 14.0. The maximum atomic E-state index is 14.0. The summed E-state index contributed by atoms with van der Waals surface area (Å²) in [5.74, 6) is -0.804. The lowest BCUT2D eigenvalue weighted by molar-refractivity contribution is 0.0576. The molecule has 2 aromatic carbocycles. The Morgan fingerprint density at radius 1 is 1.11 bits per heavy atom. The van der Waals surface area contributed by atoms with Crippen LogP contribution in [0.5, 0.6) is 5.75 Å². The van der Waals surface area contributed by atoms with Crippen LogP contribution < -0.4 is 4.74 Å². The predicted molar refractivity (Wildman–Crippen MR) is 100 cm³/mol. The fourth-order valence-corrected chi connectivity index (χ4v) is 3.54. The van der Waals surface area contributed by atoms with Gasteiger partial charge in [0.05, 0.1) is 12.7 Å². The lowest BCUT2D eigenvalue weighted by Gasteiger charge is -2.38. The van der Waals surface area contributed by atoms with E-state index in [1.807, 2.05) is 6.92 Å². The van der Waals surface area contributed by atoms with Crippen molar-refractivity contribution in [1.82, 2.24) is 9.80 Å². The standard InChI is InChI=1S/C20H21ClF2N2O2/c1-13(16-5-4-15(22)12-18(16)23)24-7-9-25(10-8-24)20(26)17-11-14(21)3-6-19(17)27-2/h3-6,11-13H,7-10H2,1-2H3. The third-order valence-corrected chi connectivity index (χ3v) is 5.19. The first-order chi connectivity index (χ1) is 12.9. The molecule has 2 aromatic rings. The fraction of sp³-hybridized carbons (Fsp3) is 0.350. The van der Waals surface area contributed by atoms with E-state index in [0.717, 1.165) is 6.07 Å². The maximum Gasteiger partial charge on any atom is 0.257 e. The molecule has 0 aromatic heterocycles. The first-order valence-corrected chi connectivity index (χ1v) is 9.10. The monoisotopic (exact) mass is 394 g/mol. The molecule has 0 aliphatic carbocycles. The van der Waals surface area contributed by atoms with Crippen molar-refractivity contribution in [3.8, 4) is 5.75 Å². The zero-order chi connectivity index (χ0) is 19.6. The van der Waals surface area contributed by atoms with Gasteiger partial charge in [0.25, 0.3) is 5.91 Å². The van der Waals surface area contributed by atoms with Crippen LogP contribution in [-0.4, -0.2) is 49.0 Å². The molecule has 1 saturated heterocycles. The highest BCUT2D eigenvalue weighted by Gasteiger charge is 2.28. The van der Waals surface area contributed by atoms with Crippen LogP contribution in [0.15, 0.2) is 36.4 Å². The van der Waals surface area contributed by atoms with Gasteiger partial charge in [0.1, 0.15) is 17.4 Å². The molecule has 1 amide bonds. The molecule has 0 saturated carbocycles. The van der Waals surface area contributed by atoms with Crippen LogP contribution in [-0.2, 0) is 0 Å². The van der Waals surface area contributed by atoms with Gasteiger partial charge in [-0.3, -0.25) is 9.69 Å². The molecule has 0 radical (unpaired) electrons. The number of carbonyl (C=O) groups is 1. The van der Waals surface area contributed by atoms with Crippen LogP contribution in [0.4, 0.5) is 8.78 Å². The highest BCUT2D eigenvalue weighted by molar-refractivity contribution is 6.31. The van der Waals surface area contributed by atoms with Gasteiger partial charge in [0, 0.05) is 48.9 Å². The van der Waals surface area contributed by atoms with Crippen LogP contribution in [0.1, 0.15) is 28.9 Å². The van der Waals surface area contributed by atoms with E-state index >= 15 is 0 Å². The lowest BCUT2D eigenvalue weighted by atomic mass is 10.0. The molecule has 1 unspecified atom stereocenters. The smallest absolute Gasteiger partial charge is 0.257 e. The van der Waals surface area contributed by atoms with Crippen molar-refractivity contribution in [3.05, 3.63) is 64.2 Å². The van der Waals surface area contributed by atoms with Crippen molar-refractivity contribution in [2.45, 2.75) is 13.0 Å². The number of methoxy groups -OCH3 is 1. The number of halogens is 3. The van der Waals surface area contributed by atoms with E-state index in [0.29, 0.717) is 48.1 Å². The predicted octanol–water partition coefficient (Wildman–Crippen LogP) is 4.15. The Kier molecular flexibility index (Phi) is 5.97. The van der Waals surface area contributed by atoms with E-state index in [-0.39, 0.29) is 11.9 Å². The summed E-state index contributed by atoms with van der Waals surface area (Å²) in [7, 11) is 1.51. The van der Waals surface area contributed by atoms with Crippen LogP contribution in [0, 0.1) is 11.6 Å². The summed E-state index contributed by atoms with van der Waals surface area (Å²) in [5.41, 5.74) is 0.878. The van der Waals surface area contributed by atoms with Crippen molar-refractivity contribution < 1.29 is 18.3 Å². The van der Waals surface area contributed by atoms with Gasteiger partial charge >= 0.3 is 0 Å². The van der Waals surface area contributed by atoms with Crippen molar-refractivity contribution in [3.63, 3.8) is 0 Å². The molecule has 1 fully saturated rings. The zero-order valence-electron chi connectivity index (χ0n) is 15.2. The van der Waals surface area contributed by atoms with Crippen LogP contribution in [0.25, 0.3) is 0 Å². The molecule has 0 spiro atoms. The van der Waals surface area contributed by atoms with Crippen molar-refractivity contribution in [2.75, 3.05) is 33.3 Å². The first kappa shape index (κ1) is 19.6. The number of ether oxygens (including phenoxy) is 1. The lowest BCUT2D eigenvalue weighted by Crippen LogP contribution is -2.49. The molecule has 3 rings (SSSR count). The molecular weight excluding hydrogens is 374 g/mol. The topological polar surface area (TPSA) is 32.8 Å². The Morgan fingerprint density at radius 3 is 2.44 bits per heavy atom. The van der Waals surface area contributed by atoms with Crippen molar-refractivity contribution >= 4 is 17.5 Å². The third-order valence-electron chi connectivity index (χ3n) is 4.95. The highest BCUT2D eigenvalue weighted by Crippen LogP contribution is 2.27. The average molecular weight is 395 g/mol. The SMILES string of the molecule is COc1ccc(Cl)cc1C(=O)N1CCN(C(C)c2ccc(F)cc2F)CC1. The summed E-state index contributed by atoms with van der Waals surface area (Å²) < 4.78 is 32.4. The summed E-state index contributed by atoms with van der Waals surface area (Å²) in [6, 6.07) is 8.38. The molecule has 144 valence electrons. The van der Waals surface area contributed by atoms with Crippen LogP contribution in [0.2, 0.25) is 5.02 Å². The molecule has 1 heterocycles. The van der Waals surface area contributed by atoms with Crippen molar-refractivity contribution in [2.24, 2.45) is 0 Å². The van der Waals surface area contributed by atoms with E-state index in [1.165, 1.54) is 19.2 Å². The number of amides is 1. The van der Waals surface area contributed by atoms with Gasteiger partial charge in [0.15, 0.2) is 0 Å². The van der Waals surface area contributed by atoms with Crippen LogP contribution in [0.3, 0.4) is 0 Å². The normalized spacial score (nSPS) is 16.3. The van der Waals surface area contributed by atoms with Crippen molar-refractivity contribution in [1.29, 1.82) is 0 Å². The fourth-order valence-electron chi connectivity index (χ4n) is 3.37. The van der Waals surface area contributed by atoms with E-state index in [2.05, 4.69) is 4.90 Å². The minimum Gasteiger partial charge on any atom is -0.496 e. The Bertz CT molecular complexity index is 839. The number of hydrogen-bond donors (Lipinski definition) is 0. The Labute approximate surface area is 162 Å². The zero-order valence-corrected chi connectivity index (χ0v) is 16.0. The summed E-state index contributed by atoms with van der Waals surface area (Å²) in [6.07, 6.45) is 0. The van der Waals surface area contributed by atoms with E-state index < -0.39 is 11.6 Å². The largest absolute Gasteiger partial charge is 0.496 e. The highest BCUT2D eigenvalue weighted by atomic mass is 35.5. The van der Waals surface area contributed by atoms with E-state index in [9.17, 15) is 13.6 Å². The first-order valence-electron chi connectivity index (χ1n) is 8.72. The molecule has 4 nitrogen and oxygen atoms in total. The third kappa shape index (κ3) is 4.22. The van der Waals surface area contributed by atoms with Gasteiger partial charge in [-0.2, -0.15) is 0 Å². The molecule has 7 heteroatoms. The van der Waals surface area contributed by atoms with Gasteiger partial charge in [0.2, 0.25) is 0 Å². The van der Waals surface area contributed by atoms with E-state index in [1.54, 1.807) is 23.1 Å². The van der Waals surface area contributed by atoms with Gasteiger partial charge in [-0.05, 0) is 31.2 Å². The van der Waals surface area contributed by atoms with Gasteiger partial charge in [-0.25, -0.2) is 8.78 Å². The quantitative estimate of drug-likeness (QED) is 0.781. The molecular formula is C20H21ClF2N2O2. The number of carbonyl (C=O) groups excluding carboxylic acids is 1. The van der Waals surface area contributed by atoms with Gasteiger partial charge < -0.3 is 9.64 Å². The summed E-state index contributed by atoms with van der Waals surface area (Å²) in [6.45, 7) is 4.07. The summed E-state index contributed by atoms with van der Waals surface area (Å²) in [4.78, 5) is 16.7. The molecule has 0 N–H and O–H groups in total. The molecule has 27 heavy (non-hydrogen) atoms. The summed E-state index contributed by atoms with van der Waals surface area (Å²) >= 11 is 6.02. The number of nitrogens with zero attached hydrogens (tertiary/aromatic N) is 2. The second-order valence-corrected chi connectivity index (χ2v) is 6.95. The number of piperazine rings is 1. The number of hydrogen-bond acceptors (Lipinski definition) is 3. The molecule has 1 aliphatic rings.